The van der Waals surface area contributed by atoms with Gasteiger partial charge in [0.25, 0.3) is 0 Å². The Morgan fingerprint density at radius 3 is 2.43 bits per heavy atom. The molecule has 0 aliphatic heterocycles. The molecule has 0 fully saturated rings. The quantitative estimate of drug-likeness (QED) is 0.691. The van der Waals surface area contributed by atoms with Crippen LogP contribution < -0.4 is 4.52 Å². The Labute approximate surface area is 87.6 Å². The molecule has 1 unspecified atom stereocenters. The average Bonchev–Trinajstić information content (AvgIpc) is 2.19. The molecule has 1 rings (SSSR count). The molecule has 0 saturated carbocycles. The Bertz CT molecular complexity index is 259. The zero-order valence-corrected chi connectivity index (χ0v) is 9.91. The second kappa shape index (κ2) is 5.33. The van der Waals surface area contributed by atoms with Crippen LogP contribution in [0.3, 0.4) is 0 Å². The van der Waals surface area contributed by atoms with Gasteiger partial charge in [-0.2, -0.15) is 0 Å². The van der Waals surface area contributed by atoms with E-state index in [9.17, 15) is 0 Å². The van der Waals surface area contributed by atoms with Gasteiger partial charge in [-0.3, -0.25) is 0 Å². The lowest BCUT2D eigenvalue weighted by Crippen LogP contribution is -2.18. The van der Waals surface area contributed by atoms with Gasteiger partial charge < -0.3 is 9.05 Å². The molecule has 0 aromatic heterocycles. The van der Waals surface area contributed by atoms with Crippen LogP contribution in [-0.2, 0) is 4.52 Å². The summed E-state index contributed by atoms with van der Waals surface area (Å²) in [5.74, 6) is 0.859. The number of hydrogen-bond donors (Lipinski definition) is 0. The van der Waals surface area contributed by atoms with Gasteiger partial charge >= 0.3 is 0 Å². The van der Waals surface area contributed by atoms with Crippen LogP contribution in [0.25, 0.3) is 0 Å². The van der Waals surface area contributed by atoms with Gasteiger partial charge in [0, 0.05) is 0 Å². The summed E-state index contributed by atoms with van der Waals surface area (Å²) in [5, 5.41) is 0. The van der Waals surface area contributed by atoms with Crippen molar-refractivity contribution in [1.82, 2.24) is 0 Å². The van der Waals surface area contributed by atoms with Crippen molar-refractivity contribution in [3.8, 4) is 5.75 Å². The molecule has 0 saturated heterocycles. The Hall–Kier alpha value is -0.590. The van der Waals surface area contributed by atoms with E-state index >= 15 is 0 Å². The standard InChI is InChI=1S/C11H17O2P/c1-4-11(2,3)13-14-12-10-8-6-5-7-9-10/h5-9,14H,4H2,1-3H3. The van der Waals surface area contributed by atoms with E-state index in [1.165, 1.54) is 0 Å². The summed E-state index contributed by atoms with van der Waals surface area (Å²) in [6.07, 6.45) is 0.984. The maximum absolute atomic E-state index is 5.59. The van der Waals surface area contributed by atoms with Crippen LogP contribution in [0, 0.1) is 0 Å². The van der Waals surface area contributed by atoms with Crippen molar-refractivity contribution in [2.75, 3.05) is 0 Å². The fraction of sp³-hybridized carbons (Fsp3) is 0.455. The molecule has 0 spiro atoms. The minimum Gasteiger partial charge on any atom is -0.450 e. The minimum atomic E-state index is -0.0901. The van der Waals surface area contributed by atoms with Crippen molar-refractivity contribution in [3.05, 3.63) is 30.3 Å². The molecular formula is C11H17O2P. The molecule has 1 aromatic carbocycles. The van der Waals surface area contributed by atoms with E-state index < -0.39 is 0 Å². The highest BCUT2D eigenvalue weighted by molar-refractivity contribution is 7.26. The van der Waals surface area contributed by atoms with Crippen LogP contribution in [0.4, 0.5) is 0 Å². The minimum absolute atomic E-state index is 0.0679. The van der Waals surface area contributed by atoms with Crippen molar-refractivity contribution >= 4 is 9.03 Å². The predicted molar refractivity (Wildman–Crippen MR) is 60.8 cm³/mol. The number of para-hydroxylation sites is 1. The summed E-state index contributed by atoms with van der Waals surface area (Å²) in [6, 6.07) is 9.72. The third-order valence-electron chi connectivity index (χ3n) is 2.07. The number of rotatable bonds is 5. The molecule has 0 bridgehead atoms. The van der Waals surface area contributed by atoms with Crippen molar-refractivity contribution in [1.29, 1.82) is 0 Å². The van der Waals surface area contributed by atoms with E-state index in [1.54, 1.807) is 0 Å². The van der Waals surface area contributed by atoms with E-state index in [1.807, 2.05) is 30.3 Å². The summed E-state index contributed by atoms with van der Waals surface area (Å²) in [4.78, 5) is 0. The first-order valence-electron chi connectivity index (χ1n) is 4.79. The van der Waals surface area contributed by atoms with E-state index in [0.717, 1.165) is 12.2 Å². The van der Waals surface area contributed by atoms with Gasteiger partial charge in [0.05, 0.1) is 5.60 Å². The first-order chi connectivity index (χ1) is 6.64. The Morgan fingerprint density at radius 1 is 1.21 bits per heavy atom. The van der Waals surface area contributed by atoms with Gasteiger partial charge in [-0.15, -0.1) is 0 Å². The SMILES string of the molecule is CCC(C)(C)OPOc1ccccc1. The smallest absolute Gasteiger partial charge is 0.215 e. The molecule has 0 N–H and O–H groups in total. The van der Waals surface area contributed by atoms with Crippen molar-refractivity contribution in [2.45, 2.75) is 32.8 Å². The molecule has 2 nitrogen and oxygen atoms in total. The Morgan fingerprint density at radius 2 is 1.86 bits per heavy atom. The van der Waals surface area contributed by atoms with Crippen molar-refractivity contribution in [2.24, 2.45) is 0 Å². The lowest BCUT2D eigenvalue weighted by molar-refractivity contribution is 0.117. The average molecular weight is 212 g/mol. The molecule has 1 atom stereocenters. The highest BCUT2D eigenvalue weighted by atomic mass is 31.1. The third-order valence-corrected chi connectivity index (χ3v) is 3.03. The normalized spacial score (nSPS) is 12.2. The van der Waals surface area contributed by atoms with Crippen LogP contribution in [0.15, 0.2) is 30.3 Å². The van der Waals surface area contributed by atoms with E-state index in [-0.39, 0.29) is 14.6 Å². The van der Waals surface area contributed by atoms with Gasteiger partial charge in [-0.05, 0) is 32.4 Å². The highest BCUT2D eigenvalue weighted by Gasteiger charge is 2.15. The van der Waals surface area contributed by atoms with Gasteiger partial charge in [0.1, 0.15) is 5.75 Å². The lowest BCUT2D eigenvalue weighted by atomic mass is 10.1. The molecular weight excluding hydrogens is 195 g/mol. The summed E-state index contributed by atoms with van der Waals surface area (Å²) in [7, 11) is 0.0679. The van der Waals surface area contributed by atoms with Crippen molar-refractivity contribution in [3.63, 3.8) is 0 Å². The van der Waals surface area contributed by atoms with E-state index in [2.05, 4.69) is 20.8 Å². The zero-order valence-electron chi connectivity index (χ0n) is 8.91. The Balaban J connectivity index is 2.29. The second-order valence-corrected chi connectivity index (χ2v) is 4.29. The molecule has 78 valence electrons. The molecule has 0 radical (unpaired) electrons. The molecule has 0 aliphatic rings. The largest absolute Gasteiger partial charge is 0.450 e. The van der Waals surface area contributed by atoms with Gasteiger partial charge in [-0.25, -0.2) is 0 Å². The summed E-state index contributed by atoms with van der Waals surface area (Å²) < 4.78 is 11.0. The lowest BCUT2D eigenvalue weighted by Gasteiger charge is -2.22. The molecule has 0 amide bonds. The predicted octanol–water partition coefficient (Wildman–Crippen LogP) is 3.78. The van der Waals surface area contributed by atoms with Gasteiger partial charge in [-0.1, -0.05) is 25.1 Å². The maximum Gasteiger partial charge on any atom is 0.215 e. The van der Waals surface area contributed by atoms with Crippen molar-refractivity contribution < 1.29 is 9.05 Å². The highest BCUT2D eigenvalue weighted by Crippen LogP contribution is 2.28. The first kappa shape index (κ1) is 11.5. The molecule has 0 aliphatic carbocycles. The third kappa shape index (κ3) is 4.08. The monoisotopic (exact) mass is 212 g/mol. The maximum atomic E-state index is 5.59. The van der Waals surface area contributed by atoms with E-state index in [4.69, 9.17) is 9.05 Å². The van der Waals surface area contributed by atoms with Crippen LogP contribution in [0.1, 0.15) is 27.2 Å². The molecule has 14 heavy (non-hydrogen) atoms. The molecule has 0 heterocycles. The summed E-state index contributed by atoms with van der Waals surface area (Å²) in [6.45, 7) is 6.23. The second-order valence-electron chi connectivity index (χ2n) is 3.71. The summed E-state index contributed by atoms with van der Waals surface area (Å²) >= 11 is 0. The fourth-order valence-electron chi connectivity index (χ4n) is 0.742. The van der Waals surface area contributed by atoms with Gasteiger partial charge in [0.15, 0.2) is 0 Å². The Kier molecular flexibility index (Phi) is 4.37. The first-order valence-corrected chi connectivity index (χ1v) is 5.60. The molecule has 3 heteroatoms. The molecule has 1 aromatic rings. The number of hydrogen-bond acceptors (Lipinski definition) is 2. The number of benzene rings is 1. The fourth-order valence-corrected chi connectivity index (χ4v) is 1.39. The van der Waals surface area contributed by atoms with Gasteiger partial charge in [0.2, 0.25) is 9.03 Å². The zero-order chi connectivity index (χ0) is 10.4. The van der Waals surface area contributed by atoms with E-state index in [0.29, 0.717) is 0 Å². The summed E-state index contributed by atoms with van der Waals surface area (Å²) in [5.41, 5.74) is -0.0901. The van der Waals surface area contributed by atoms with Crippen LogP contribution >= 0.6 is 9.03 Å². The van der Waals surface area contributed by atoms with Crippen LogP contribution in [0.2, 0.25) is 0 Å². The topological polar surface area (TPSA) is 18.5 Å². The van der Waals surface area contributed by atoms with Crippen LogP contribution in [-0.4, -0.2) is 5.60 Å². The van der Waals surface area contributed by atoms with Crippen LogP contribution in [0.5, 0.6) is 5.75 Å².